The number of nitrogens with zero attached hydrogens (tertiary/aromatic N) is 3. The van der Waals surface area contributed by atoms with Gasteiger partial charge in [-0.05, 0) is 42.9 Å². The van der Waals surface area contributed by atoms with Crippen molar-refractivity contribution in [3.05, 3.63) is 33.6 Å². The largest absolute Gasteiger partial charge is 0.376 e. The molecule has 2 aromatic rings. The van der Waals surface area contributed by atoms with Gasteiger partial charge in [0.05, 0.1) is 29.3 Å². The maximum Gasteiger partial charge on any atom is 0.262 e. The first-order valence-corrected chi connectivity index (χ1v) is 12.3. The van der Waals surface area contributed by atoms with Crippen LogP contribution in [-0.2, 0) is 16.1 Å². The van der Waals surface area contributed by atoms with Crippen LogP contribution in [0.2, 0.25) is 5.02 Å². The third kappa shape index (κ3) is 6.46. The highest BCUT2D eigenvalue weighted by molar-refractivity contribution is 7.99. The number of thioether (sulfide) groups is 1. The molecular formula is C23H32ClN3O3S. The Morgan fingerprint density at radius 2 is 2.00 bits per heavy atom. The van der Waals surface area contributed by atoms with E-state index in [0.29, 0.717) is 39.5 Å². The molecule has 1 aromatic heterocycles. The van der Waals surface area contributed by atoms with E-state index in [1.165, 1.54) is 11.8 Å². The van der Waals surface area contributed by atoms with Gasteiger partial charge in [-0.15, -0.1) is 0 Å². The first kappa shape index (κ1) is 24.1. The molecule has 1 aliphatic heterocycles. The Morgan fingerprint density at radius 3 is 2.61 bits per heavy atom. The molecule has 0 N–H and O–H groups in total. The average Bonchev–Trinajstić information content (AvgIpc) is 3.20. The predicted octanol–water partition coefficient (Wildman–Crippen LogP) is 4.46. The lowest BCUT2D eigenvalue weighted by Crippen LogP contribution is -2.38. The Labute approximate surface area is 193 Å². The van der Waals surface area contributed by atoms with E-state index in [1.807, 2.05) is 4.90 Å². The number of amides is 1. The van der Waals surface area contributed by atoms with Crippen molar-refractivity contribution in [2.45, 2.75) is 58.3 Å². The van der Waals surface area contributed by atoms with Crippen LogP contribution in [0.3, 0.4) is 0 Å². The number of carbonyl (C=O) groups excluding carboxylic acids is 1. The predicted molar refractivity (Wildman–Crippen MR) is 127 cm³/mol. The van der Waals surface area contributed by atoms with Gasteiger partial charge >= 0.3 is 0 Å². The van der Waals surface area contributed by atoms with Crippen molar-refractivity contribution < 1.29 is 9.53 Å². The van der Waals surface area contributed by atoms with Gasteiger partial charge in [-0.3, -0.25) is 14.2 Å². The van der Waals surface area contributed by atoms with E-state index in [4.69, 9.17) is 21.3 Å². The van der Waals surface area contributed by atoms with Gasteiger partial charge in [0.15, 0.2) is 5.16 Å². The number of rotatable bonds is 9. The molecule has 1 aliphatic rings. The molecule has 6 nitrogen and oxygen atoms in total. The van der Waals surface area contributed by atoms with E-state index in [0.717, 1.165) is 32.5 Å². The molecule has 0 bridgehead atoms. The zero-order chi connectivity index (χ0) is 22.5. The summed E-state index contributed by atoms with van der Waals surface area (Å²) in [5, 5.41) is 1.60. The van der Waals surface area contributed by atoms with Gasteiger partial charge in [-0.25, -0.2) is 4.98 Å². The van der Waals surface area contributed by atoms with Crippen LogP contribution in [0.4, 0.5) is 0 Å². The fraction of sp³-hybridized carbons (Fsp3) is 0.609. The number of ether oxygens (including phenoxy) is 1. The second kappa shape index (κ2) is 10.8. The Balaban J connectivity index is 1.88. The van der Waals surface area contributed by atoms with Crippen LogP contribution in [0.5, 0.6) is 0 Å². The van der Waals surface area contributed by atoms with Crippen LogP contribution in [0, 0.1) is 11.8 Å². The van der Waals surface area contributed by atoms with Gasteiger partial charge < -0.3 is 9.64 Å². The number of hydrogen-bond donors (Lipinski definition) is 0. The Hall–Kier alpha value is -1.57. The minimum atomic E-state index is -0.117. The molecule has 1 aromatic carbocycles. The third-order valence-corrected chi connectivity index (χ3v) is 6.34. The normalized spacial score (nSPS) is 16.5. The average molecular weight is 466 g/mol. The number of halogens is 1. The van der Waals surface area contributed by atoms with E-state index in [-0.39, 0.29) is 23.3 Å². The summed E-state index contributed by atoms with van der Waals surface area (Å²) in [6.07, 6.45) is 1.92. The molecular weight excluding hydrogens is 434 g/mol. The minimum absolute atomic E-state index is 0.00215. The number of hydrogen-bond acceptors (Lipinski definition) is 5. The highest BCUT2D eigenvalue weighted by Gasteiger charge is 2.22. The molecule has 0 aliphatic carbocycles. The molecule has 1 amide bonds. The second-order valence-electron chi connectivity index (χ2n) is 8.98. The van der Waals surface area contributed by atoms with Crippen molar-refractivity contribution in [2.24, 2.45) is 11.8 Å². The zero-order valence-electron chi connectivity index (χ0n) is 18.8. The van der Waals surface area contributed by atoms with Gasteiger partial charge in [-0.1, -0.05) is 51.1 Å². The quantitative estimate of drug-likeness (QED) is 0.404. The molecule has 1 unspecified atom stereocenters. The van der Waals surface area contributed by atoms with Crippen molar-refractivity contribution in [3.8, 4) is 0 Å². The second-order valence-corrected chi connectivity index (χ2v) is 10.4. The topological polar surface area (TPSA) is 64.4 Å². The molecule has 31 heavy (non-hydrogen) atoms. The molecule has 8 heteroatoms. The van der Waals surface area contributed by atoms with Crippen LogP contribution in [0.15, 0.2) is 28.2 Å². The van der Waals surface area contributed by atoms with Crippen molar-refractivity contribution in [1.82, 2.24) is 14.5 Å². The summed E-state index contributed by atoms with van der Waals surface area (Å²) in [6, 6.07) is 5.12. The first-order chi connectivity index (χ1) is 14.7. The summed E-state index contributed by atoms with van der Waals surface area (Å²) in [4.78, 5) is 32.9. The Morgan fingerprint density at radius 1 is 1.29 bits per heavy atom. The smallest absolute Gasteiger partial charge is 0.262 e. The van der Waals surface area contributed by atoms with Crippen LogP contribution in [0.1, 0.15) is 40.5 Å². The molecule has 1 fully saturated rings. The number of aromatic nitrogens is 2. The summed E-state index contributed by atoms with van der Waals surface area (Å²) in [7, 11) is 0. The lowest BCUT2D eigenvalue weighted by atomic mass is 10.1. The van der Waals surface area contributed by atoms with Crippen molar-refractivity contribution >= 4 is 40.2 Å². The standard InChI is InChI=1S/C23H32ClN3O3S/c1-15(2)11-26(12-16(3)4)21(28)14-31-23-25-20-10-17(24)7-8-19(20)22(29)27(23)13-18-6-5-9-30-18/h7-8,10,15-16,18H,5-6,9,11-14H2,1-4H3. The molecule has 0 spiro atoms. The maximum atomic E-state index is 13.2. The molecule has 0 radical (unpaired) electrons. The number of carbonyl (C=O) groups is 1. The van der Waals surface area contributed by atoms with Crippen LogP contribution >= 0.6 is 23.4 Å². The molecule has 170 valence electrons. The summed E-state index contributed by atoms with van der Waals surface area (Å²) in [5.41, 5.74) is 0.436. The third-order valence-electron chi connectivity index (χ3n) is 5.14. The van der Waals surface area contributed by atoms with Gasteiger partial charge in [0.2, 0.25) is 5.91 Å². The Kier molecular flexibility index (Phi) is 8.42. The highest BCUT2D eigenvalue weighted by Crippen LogP contribution is 2.23. The highest BCUT2D eigenvalue weighted by atomic mass is 35.5. The summed E-state index contributed by atoms with van der Waals surface area (Å²) < 4.78 is 7.42. The van der Waals surface area contributed by atoms with E-state index in [2.05, 4.69) is 27.7 Å². The molecule has 1 saturated heterocycles. The summed E-state index contributed by atoms with van der Waals surface area (Å²) in [5.74, 6) is 1.10. The fourth-order valence-electron chi connectivity index (χ4n) is 3.81. The van der Waals surface area contributed by atoms with Gasteiger partial charge in [-0.2, -0.15) is 0 Å². The molecule has 1 atom stereocenters. The number of benzene rings is 1. The SMILES string of the molecule is CC(C)CN(CC(C)C)C(=O)CSc1nc2cc(Cl)ccc2c(=O)n1CC1CCCO1. The van der Waals surface area contributed by atoms with Gasteiger partial charge in [0.25, 0.3) is 5.56 Å². The monoisotopic (exact) mass is 465 g/mol. The summed E-state index contributed by atoms with van der Waals surface area (Å²) >= 11 is 7.45. The van der Waals surface area contributed by atoms with Crippen LogP contribution in [-0.4, -0.2) is 51.9 Å². The lowest BCUT2D eigenvalue weighted by molar-refractivity contribution is -0.129. The van der Waals surface area contributed by atoms with E-state index in [9.17, 15) is 9.59 Å². The molecule has 3 rings (SSSR count). The fourth-order valence-corrected chi connectivity index (χ4v) is 4.89. The lowest BCUT2D eigenvalue weighted by Gasteiger charge is -2.26. The Bertz CT molecular complexity index is 960. The van der Waals surface area contributed by atoms with Crippen molar-refractivity contribution in [3.63, 3.8) is 0 Å². The molecule has 2 heterocycles. The summed E-state index contributed by atoms with van der Waals surface area (Å²) in [6.45, 7) is 11.1. The van der Waals surface area contributed by atoms with Crippen molar-refractivity contribution in [2.75, 3.05) is 25.4 Å². The number of fused-ring (bicyclic) bond motifs is 1. The first-order valence-electron chi connectivity index (χ1n) is 11.0. The van der Waals surface area contributed by atoms with E-state index >= 15 is 0 Å². The van der Waals surface area contributed by atoms with Crippen LogP contribution in [0.25, 0.3) is 10.9 Å². The zero-order valence-corrected chi connectivity index (χ0v) is 20.3. The minimum Gasteiger partial charge on any atom is -0.376 e. The van der Waals surface area contributed by atoms with E-state index in [1.54, 1.807) is 22.8 Å². The maximum absolute atomic E-state index is 13.2. The van der Waals surface area contributed by atoms with Crippen LogP contribution < -0.4 is 5.56 Å². The van der Waals surface area contributed by atoms with Gasteiger partial charge in [0.1, 0.15) is 0 Å². The van der Waals surface area contributed by atoms with Crippen molar-refractivity contribution in [1.29, 1.82) is 0 Å². The van der Waals surface area contributed by atoms with Gasteiger partial charge in [0, 0.05) is 24.7 Å². The van der Waals surface area contributed by atoms with E-state index < -0.39 is 0 Å². The molecule has 0 saturated carbocycles.